The number of anilines is 1. The van der Waals surface area contributed by atoms with Crippen LogP contribution in [-0.4, -0.2) is 46.8 Å². The molecule has 3 N–H and O–H groups in total. The summed E-state index contributed by atoms with van der Waals surface area (Å²) in [6.07, 6.45) is 3.58. The highest BCUT2D eigenvalue weighted by Crippen LogP contribution is 2.54. The second-order valence-corrected chi connectivity index (χ2v) is 7.92. The monoisotopic (exact) mass is 429 g/mol. The molecule has 3 aromatic rings. The van der Waals surface area contributed by atoms with Crippen LogP contribution >= 0.6 is 0 Å². The molecule has 0 radical (unpaired) electrons. The lowest BCUT2D eigenvalue weighted by Crippen LogP contribution is -2.30. The Morgan fingerprint density at radius 1 is 1.42 bits per heavy atom. The Bertz CT molecular complexity index is 1170. The maximum atomic E-state index is 13.9. The van der Waals surface area contributed by atoms with E-state index in [1.165, 1.54) is 10.8 Å². The molecule has 3 aromatic heterocycles. The number of methoxy groups -OCH3 is 1. The van der Waals surface area contributed by atoms with E-state index in [2.05, 4.69) is 10.3 Å². The van der Waals surface area contributed by atoms with Gasteiger partial charge in [0, 0.05) is 43.7 Å². The summed E-state index contributed by atoms with van der Waals surface area (Å²) in [6.45, 7) is 0.968. The highest BCUT2D eigenvalue weighted by atomic mass is 19.3. The fourth-order valence-electron chi connectivity index (χ4n) is 4.16. The van der Waals surface area contributed by atoms with Gasteiger partial charge in [0.2, 0.25) is 0 Å². The minimum atomic E-state index is -2.76. The minimum Gasteiger partial charge on any atom is -0.378 e. The zero-order valence-electron chi connectivity index (χ0n) is 16.8. The van der Waals surface area contributed by atoms with Crippen molar-refractivity contribution in [2.45, 2.75) is 30.4 Å². The van der Waals surface area contributed by atoms with Gasteiger partial charge in [-0.05, 0) is 18.2 Å². The molecule has 2 aliphatic rings. The van der Waals surface area contributed by atoms with Gasteiger partial charge in [-0.15, -0.1) is 0 Å². The first-order chi connectivity index (χ1) is 14.8. The number of nitrogens with one attached hydrogen (secondary N) is 1. The molecular formula is C21H21F2N5O3. The number of rotatable bonds is 5. The summed E-state index contributed by atoms with van der Waals surface area (Å²) in [4.78, 5) is 20.2. The average Bonchev–Trinajstić information content (AvgIpc) is 3.12. The number of alkyl halides is 2. The van der Waals surface area contributed by atoms with Crippen molar-refractivity contribution in [3.63, 3.8) is 0 Å². The molecule has 5 rings (SSSR count). The molecule has 1 saturated carbocycles. The van der Waals surface area contributed by atoms with Crippen molar-refractivity contribution in [3.05, 3.63) is 42.4 Å². The predicted octanol–water partition coefficient (Wildman–Crippen LogP) is 3.43. The largest absolute Gasteiger partial charge is 0.378 e. The van der Waals surface area contributed by atoms with E-state index in [4.69, 9.17) is 20.2 Å². The van der Waals surface area contributed by atoms with Gasteiger partial charge in [0.25, 0.3) is 5.92 Å². The van der Waals surface area contributed by atoms with E-state index in [1.54, 1.807) is 19.4 Å². The van der Waals surface area contributed by atoms with Crippen molar-refractivity contribution in [2.24, 2.45) is 5.73 Å². The number of halogens is 2. The van der Waals surface area contributed by atoms with E-state index in [0.29, 0.717) is 47.5 Å². The Hall–Kier alpha value is -3.11. The van der Waals surface area contributed by atoms with E-state index >= 15 is 0 Å². The maximum absolute atomic E-state index is 13.9. The first kappa shape index (κ1) is 19.8. The highest BCUT2D eigenvalue weighted by molar-refractivity contribution is 5.98. The van der Waals surface area contributed by atoms with Crippen LogP contribution in [0.4, 0.5) is 19.4 Å². The number of hydrogen-bond donors (Lipinski definition) is 2. The molecule has 1 aliphatic carbocycles. The molecule has 31 heavy (non-hydrogen) atoms. The number of nitrogens with two attached hydrogens (primary N) is 1. The predicted molar refractivity (Wildman–Crippen MR) is 109 cm³/mol. The summed E-state index contributed by atoms with van der Waals surface area (Å²) in [6, 6.07) is 5.47. The van der Waals surface area contributed by atoms with Crippen LogP contribution in [0.2, 0.25) is 0 Å². The number of primary amides is 1. The first-order valence-corrected chi connectivity index (χ1v) is 9.89. The van der Waals surface area contributed by atoms with Crippen LogP contribution in [0.3, 0.4) is 0 Å². The number of ether oxygens (including phenoxy) is 2. The van der Waals surface area contributed by atoms with Crippen molar-refractivity contribution >= 4 is 22.8 Å². The molecule has 0 spiro atoms. The van der Waals surface area contributed by atoms with Gasteiger partial charge in [-0.3, -0.25) is 5.32 Å². The Labute approximate surface area is 176 Å². The number of pyridine rings is 2. The third-order valence-corrected chi connectivity index (χ3v) is 5.97. The van der Waals surface area contributed by atoms with Crippen molar-refractivity contribution < 1.29 is 23.0 Å². The van der Waals surface area contributed by atoms with Crippen molar-refractivity contribution in [1.29, 1.82) is 0 Å². The smallest absolute Gasteiger partial charge is 0.317 e. The molecule has 162 valence electrons. The van der Waals surface area contributed by atoms with Crippen LogP contribution in [0, 0.1) is 0 Å². The Morgan fingerprint density at radius 3 is 2.87 bits per heavy atom. The van der Waals surface area contributed by atoms with E-state index in [1.807, 2.05) is 18.2 Å². The van der Waals surface area contributed by atoms with Gasteiger partial charge in [0.1, 0.15) is 17.5 Å². The van der Waals surface area contributed by atoms with Gasteiger partial charge in [0.15, 0.2) is 0 Å². The number of carbonyl (C=O) groups excluding carboxylic acids is 1. The number of urea groups is 1. The highest BCUT2D eigenvalue weighted by Gasteiger charge is 2.58. The quantitative estimate of drug-likeness (QED) is 0.647. The molecule has 2 amide bonds. The Kier molecular flexibility index (Phi) is 4.45. The van der Waals surface area contributed by atoms with Crippen molar-refractivity contribution in [3.8, 4) is 11.3 Å². The number of nitrogens with zero attached hydrogens (tertiary/aromatic N) is 3. The molecule has 1 unspecified atom stereocenters. The molecule has 8 nitrogen and oxygen atoms in total. The topological polar surface area (TPSA) is 104 Å². The van der Waals surface area contributed by atoms with Crippen LogP contribution in [0.15, 0.2) is 36.7 Å². The van der Waals surface area contributed by atoms with E-state index < -0.39 is 23.6 Å². The molecule has 2 atom stereocenters. The van der Waals surface area contributed by atoms with Crippen LogP contribution in [0.5, 0.6) is 0 Å². The van der Waals surface area contributed by atoms with E-state index in [-0.39, 0.29) is 12.2 Å². The van der Waals surface area contributed by atoms with Gasteiger partial charge in [-0.25, -0.2) is 23.5 Å². The Balaban J connectivity index is 1.65. The molecular weight excluding hydrogens is 408 g/mol. The van der Waals surface area contributed by atoms with Gasteiger partial charge < -0.3 is 19.8 Å². The summed E-state index contributed by atoms with van der Waals surface area (Å²) in [5.74, 6) is -2.53. The fourth-order valence-corrected chi connectivity index (χ4v) is 4.16. The standard InChI is InChI=1S/C21H21F2N5O3/c1-30-20(5-6-31-11-20)16-4-2-3-14(26-16)13-10-28(17-8-21(17,22)23)15-9-25-18(7-12(13)15)27-19(24)29/h2-4,7,9-10,17H,5-6,8,11H2,1H3,(H3,24,25,27,29)/t17-,20?/m0/s1. The van der Waals surface area contributed by atoms with Crippen molar-refractivity contribution in [1.82, 2.24) is 14.5 Å². The summed E-state index contributed by atoms with van der Waals surface area (Å²) in [7, 11) is 1.62. The summed E-state index contributed by atoms with van der Waals surface area (Å²) >= 11 is 0. The van der Waals surface area contributed by atoms with Crippen LogP contribution in [0.1, 0.15) is 24.6 Å². The molecule has 1 aliphatic heterocycles. The molecule has 0 aromatic carbocycles. The second kappa shape index (κ2) is 6.96. The number of hydrogen-bond acceptors (Lipinski definition) is 5. The van der Waals surface area contributed by atoms with Gasteiger partial charge in [-0.2, -0.15) is 0 Å². The van der Waals surface area contributed by atoms with Gasteiger partial charge in [0.05, 0.1) is 29.7 Å². The zero-order valence-corrected chi connectivity index (χ0v) is 16.8. The molecule has 1 saturated heterocycles. The third kappa shape index (κ3) is 3.31. The van der Waals surface area contributed by atoms with Gasteiger partial charge >= 0.3 is 6.03 Å². The SMILES string of the molecule is COC1(c2cccc(-c3cn([C@H]4CC4(F)F)c4cnc(NC(N)=O)cc34)n2)CCOC1. The van der Waals surface area contributed by atoms with E-state index in [0.717, 1.165) is 0 Å². The first-order valence-electron chi connectivity index (χ1n) is 9.89. The summed E-state index contributed by atoms with van der Waals surface area (Å²) < 4.78 is 40.6. The third-order valence-electron chi connectivity index (χ3n) is 5.97. The summed E-state index contributed by atoms with van der Waals surface area (Å²) in [5, 5.41) is 3.07. The molecule has 2 fully saturated rings. The lowest BCUT2D eigenvalue weighted by atomic mass is 9.97. The van der Waals surface area contributed by atoms with E-state index in [9.17, 15) is 13.6 Å². The Morgan fingerprint density at radius 2 is 2.23 bits per heavy atom. The van der Waals surface area contributed by atoms with Crippen LogP contribution in [-0.2, 0) is 15.1 Å². The normalized spacial score (nSPS) is 24.4. The minimum absolute atomic E-state index is 0.227. The van der Waals surface area contributed by atoms with Crippen molar-refractivity contribution in [2.75, 3.05) is 25.6 Å². The molecule has 10 heteroatoms. The number of carbonyl (C=O) groups is 1. The maximum Gasteiger partial charge on any atom is 0.317 e. The molecule has 0 bridgehead atoms. The average molecular weight is 429 g/mol. The van der Waals surface area contributed by atoms with Crippen LogP contribution < -0.4 is 11.1 Å². The zero-order chi connectivity index (χ0) is 21.8. The number of amides is 2. The number of aromatic nitrogens is 3. The fraction of sp³-hybridized carbons (Fsp3) is 0.381. The number of fused-ring (bicyclic) bond motifs is 1. The van der Waals surface area contributed by atoms with Crippen LogP contribution in [0.25, 0.3) is 22.2 Å². The second-order valence-electron chi connectivity index (χ2n) is 7.92. The van der Waals surface area contributed by atoms with Gasteiger partial charge in [-0.1, -0.05) is 6.07 Å². The lowest BCUT2D eigenvalue weighted by Gasteiger charge is -2.25. The summed E-state index contributed by atoms with van der Waals surface area (Å²) in [5.41, 5.74) is 7.06. The lowest BCUT2D eigenvalue weighted by molar-refractivity contribution is -0.0245. The molecule has 4 heterocycles.